The van der Waals surface area contributed by atoms with Crippen molar-refractivity contribution in [2.45, 2.75) is 50.2 Å². The maximum absolute atomic E-state index is 11.7. The van der Waals surface area contributed by atoms with Gasteiger partial charge in [-0.15, -0.1) is 11.7 Å². The van der Waals surface area contributed by atoms with E-state index in [1.54, 1.807) is 0 Å². The number of esters is 2. The molecule has 0 aromatic carbocycles. The molecule has 0 bridgehead atoms. The fraction of sp³-hybridized carbons (Fsp3) is 0.857. The van der Waals surface area contributed by atoms with Gasteiger partial charge in [0.05, 0.1) is 27.1 Å². The first kappa shape index (κ1) is 16.0. The Hall–Kier alpha value is -0.360. The standard InChI is InChI=1S/C14H22O4S2/c1-12(20-19,13(4-5-13)8-10(15)17-2)14(6-7-14)9-11(16)18-3/h19H,4-9H2,1-3H3. The van der Waals surface area contributed by atoms with Gasteiger partial charge in [-0.1, -0.05) is 10.8 Å². The summed E-state index contributed by atoms with van der Waals surface area (Å²) in [6, 6.07) is 0. The van der Waals surface area contributed by atoms with Gasteiger partial charge in [0.15, 0.2) is 0 Å². The number of carbonyl (C=O) groups is 2. The molecule has 2 rings (SSSR count). The monoisotopic (exact) mass is 318 g/mol. The van der Waals surface area contributed by atoms with Gasteiger partial charge in [-0.05, 0) is 43.4 Å². The van der Waals surface area contributed by atoms with E-state index in [0.717, 1.165) is 25.7 Å². The van der Waals surface area contributed by atoms with Gasteiger partial charge in [-0.3, -0.25) is 9.59 Å². The zero-order valence-electron chi connectivity index (χ0n) is 12.2. The molecule has 0 spiro atoms. The van der Waals surface area contributed by atoms with Gasteiger partial charge < -0.3 is 9.47 Å². The van der Waals surface area contributed by atoms with E-state index in [2.05, 4.69) is 18.6 Å². The number of ether oxygens (including phenoxy) is 2. The normalized spacial score (nSPS) is 22.0. The molecule has 0 atom stereocenters. The zero-order valence-corrected chi connectivity index (χ0v) is 13.9. The number of methoxy groups -OCH3 is 2. The lowest BCUT2D eigenvalue weighted by Gasteiger charge is -2.43. The van der Waals surface area contributed by atoms with Crippen molar-refractivity contribution in [3.63, 3.8) is 0 Å². The van der Waals surface area contributed by atoms with E-state index in [0.29, 0.717) is 12.8 Å². The summed E-state index contributed by atoms with van der Waals surface area (Å²) < 4.78 is 9.47. The van der Waals surface area contributed by atoms with E-state index in [1.807, 2.05) is 0 Å². The fourth-order valence-corrected chi connectivity index (χ4v) is 5.50. The van der Waals surface area contributed by atoms with Crippen LogP contribution in [0, 0.1) is 10.8 Å². The first-order valence-corrected chi connectivity index (χ1v) is 8.72. The minimum atomic E-state index is -0.203. The molecule has 0 saturated heterocycles. The average molecular weight is 318 g/mol. The Morgan fingerprint density at radius 1 is 1.05 bits per heavy atom. The summed E-state index contributed by atoms with van der Waals surface area (Å²) >= 11 is 4.48. The van der Waals surface area contributed by atoms with Crippen LogP contribution in [0.5, 0.6) is 0 Å². The van der Waals surface area contributed by atoms with Crippen molar-refractivity contribution in [3.05, 3.63) is 0 Å². The number of carbonyl (C=O) groups excluding carboxylic acids is 2. The molecule has 0 unspecified atom stereocenters. The Morgan fingerprint density at radius 2 is 1.40 bits per heavy atom. The summed E-state index contributed by atoms with van der Waals surface area (Å²) in [5.41, 5.74) is -0.173. The lowest BCUT2D eigenvalue weighted by molar-refractivity contribution is -0.143. The lowest BCUT2D eigenvalue weighted by Crippen LogP contribution is -2.44. The van der Waals surface area contributed by atoms with Gasteiger partial charge in [0.1, 0.15) is 0 Å². The quantitative estimate of drug-likeness (QED) is 0.444. The van der Waals surface area contributed by atoms with Crippen molar-refractivity contribution in [2.24, 2.45) is 10.8 Å². The van der Waals surface area contributed by atoms with E-state index in [4.69, 9.17) is 9.47 Å². The number of rotatable bonds is 7. The van der Waals surface area contributed by atoms with Crippen LogP contribution in [0.2, 0.25) is 0 Å². The van der Waals surface area contributed by atoms with Crippen LogP contribution in [0.3, 0.4) is 0 Å². The fourth-order valence-electron chi connectivity index (χ4n) is 3.40. The summed E-state index contributed by atoms with van der Waals surface area (Å²) in [5.74, 6) is -0.352. The third kappa shape index (κ3) is 2.45. The molecule has 0 amide bonds. The smallest absolute Gasteiger partial charge is 0.306 e. The predicted molar refractivity (Wildman–Crippen MR) is 81.6 cm³/mol. The first-order chi connectivity index (χ1) is 9.38. The Labute approximate surface area is 129 Å². The molecule has 0 aromatic rings. The summed E-state index contributed by atoms with van der Waals surface area (Å²) in [6.07, 6.45) is 4.81. The van der Waals surface area contributed by atoms with Crippen LogP contribution in [-0.2, 0) is 19.1 Å². The highest BCUT2D eigenvalue weighted by molar-refractivity contribution is 8.69. The molecule has 0 aromatic heterocycles. The van der Waals surface area contributed by atoms with Crippen molar-refractivity contribution >= 4 is 34.4 Å². The average Bonchev–Trinajstić information content (AvgIpc) is 3.34. The third-order valence-electron chi connectivity index (χ3n) is 5.33. The zero-order chi connectivity index (χ0) is 15.0. The minimum Gasteiger partial charge on any atom is -0.469 e. The summed E-state index contributed by atoms with van der Waals surface area (Å²) in [5, 5.41) is 0. The van der Waals surface area contributed by atoms with Crippen molar-refractivity contribution in [3.8, 4) is 0 Å². The Morgan fingerprint density at radius 3 is 1.60 bits per heavy atom. The Bertz CT molecular complexity index is 379. The summed E-state index contributed by atoms with van der Waals surface area (Å²) in [4.78, 5) is 23.4. The molecule has 0 radical (unpaired) electrons. The van der Waals surface area contributed by atoms with Crippen molar-refractivity contribution in [1.29, 1.82) is 0 Å². The van der Waals surface area contributed by atoms with Crippen LogP contribution < -0.4 is 0 Å². The van der Waals surface area contributed by atoms with Crippen LogP contribution >= 0.6 is 22.5 Å². The molecular formula is C14H22O4S2. The molecule has 20 heavy (non-hydrogen) atoms. The van der Waals surface area contributed by atoms with Crippen LogP contribution in [0.25, 0.3) is 0 Å². The topological polar surface area (TPSA) is 52.6 Å². The molecule has 114 valence electrons. The lowest BCUT2D eigenvalue weighted by atomic mass is 9.73. The Balaban J connectivity index is 2.21. The van der Waals surface area contributed by atoms with Gasteiger partial charge in [0.25, 0.3) is 0 Å². The molecule has 6 heteroatoms. The second-order valence-electron chi connectivity index (χ2n) is 6.19. The molecule has 2 aliphatic carbocycles. The Kier molecular flexibility index (Phi) is 4.36. The molecule has 0 aliphatic heterocycles. The van der Waals surface area contributed by atoms with E-state index >= 15 is 0 Å². The predicted octanol–water partition coefficient (Wildman–Crippen LogP) is 3.01. The molecule has 2 fully saturated rings. The van der Waals surface area contributed by atoms with E-state index in [9.17, 15) is 9.59 Å². The van der Waals surface area contributed by atoms with E-state index < -0.39 is 0 Å². The largest absolute Gasteiger partial charge is 0.469 e. The van der Waals surface area contributed by atoms with Gasteiger partial charge in [0.2, 0.25) is 0 Å². The highest BCUT2D eigenvalue weighted by atomic mass is 33.1. The van der Waals surface area contributed by atoms with Crippen molar-refractivity contribution < 1.29 is 19.1 Å². The van der Waals surface area contributed by atoms with Crippen LogP contribution in [0.15, 0.2) is 0 Å². The number of thiol groups is 1. The van der Waals surface area contributed by atoms with Crippen LogP contribution in [-0.4, -0.2) is 30.9 Å². The summed E-state index contributed by atoms with van der Waals surface area (Å²) in [7, 11) is 4.34. The van der Waals surface area contributed by atoms with Crippen molar-refractivity contribution in [1.82, 2.24) is 0 Å². The maximum atomic E-state index is 11.7. The minimum absolute atomic E-state index is 0.0863. The molecule has 4 nitrogen and oxygen atoms in total. The van der Waals surface area contributed by atoms with Gasteiger partial charge in [0, 0.05) is 4.75 Å². The molecule has 2 saturated carbocycles. The van der Waals surface area contributed by atoms with Gasteiger partial charge in [-0.25, -0.2) is 0 Å². The molecule has 0 N–H and O–H groups in total. The number of hydrogen-bond acceptors (Lipinski definition) is 6. The van der Waals surface area contributed by atoms with E-state index in [1.165, 1.54) is 25.0 Å². The molecule has 0 heterocycles. The van der Waals surface area contributed by atoms with Crippen molar-refractivity contribution in [2.75, 3.05) is 14.2 Å². The van der Waals surface area contributed by atoms with Gasteiger partial charge >= 0.3 is 11.9 Å². The van der Waals surface area contributed by atoms with Crippen LogP contribution in [0.4, 0.5) is 0 Å². The second kappa shape index (κ2) is 5.44. The number of hydrogen-bond donors (Lipinski definition) is 1. The summed E-state index contributed by atoms with van der Waals surface area (Å²) in [6.45, 7) is 2.15. The highest BCUT2D eigenvalue weighted by Gasteiger charge is 2.70. The first-order valence-electron chi connectivity index (χ1n) is 6.85. The molecule has 2 aliphatic rings. The maximum Gasteiger partial charge on any atom is 0.306 e. The highest BCUT2D eigenvalue weighted by Crippen LogP contribution is 2.75. The third-order valence-corrected chi connectivity index (χ3v) is 7.66. The SMILES string of the molecule is COC(=O)CC1(C(C)(SS)C2(CC(=O)OC)CC2)CC1. The van der Waals surface area contributed by atoms with Gasteiger partial charge in [-0.2, -0.15) is 0 Å². The van der Waals surface area contributed by atoms with E-state index in [-0.39, 0.29) is 27.5 Å². The molecular weight excluding hydrogens is 296 g/mol. The van der Waals surface area contributed by atoms with Crippen LogP contribution in [0.1, 0.15) is 45.4 Å². The second-order valence-corrected chi connectivity index (χ2v) is 7.74.